The van der Waals surface area contributed by atoms with Crippen LogP contribution in [-0.4, -0.2) is 54.3 Å². The lowest BCUT2D eigenvalue weighted by molar-refractivity contribution is -0.136. The first-order valence-corrected chi connectivity index (χ1v) is 5.75. The van der Waals surface area contributed by atoms with Crippen LogP contribution in [0.25, 0.3) is 0 Å². The number of hydrogen-bond acceptors (Lipinski definition) is 2. The quantitative estimate of drug-likeness (QED) is 0.661. The standard InChI is InChI=1S/C10H19ClN2O/c1-9(2)10(14)13-7-5-12(4-3-11)6-8-13/h9H,3-8H2,1-2H3. The highest BCUT2D eigenvalue weighted by Gasteiger charge is 2.21. The van der Waals surface area contributed by atoms with Gasteiger partial charge in [-0.3, -0.25) is 9.69 Å². The largest absolute Gasteiger partial charge is 0.340 e. The number of rotatable bonds is 3. The average molecular weight is 219 g/mol. The molecule has 1 amide bonds. The summed E-state index contributed by atoms with van der Waals surface area (Å²) >= 11 is 5.66. The van der Waals surface area contributed by atoms with Gasteiger partial charge in [0.15, 0.2) is 0 Å². The summed E-state index contributed by atoms with van der Waals surface area (Å²) in [6.07, 6.45) is 0. The lowest BCUT2D eigenvalue weighted by atomic mass is 10.1. The molecule has 14 heavy (non-hydrogen) atoms. The zero-order chi connectivity index (χ0) is 10.6. The highest BCUT2D eigenvalue weighted by molar-refractivity contribution is 6.18. The summed E-state index contributed by atoms with van der Waals surface area (Å²) < 4.78 is 0. The fraction of sp³-hybridized carbons (Fsp3) is 0.900. The van der Waals surface area contributed by atoms with E-state index in [0.717, 1.165) is 32.7 Å². The molecule has 0 radical (unpaired) electrons. The topological polar surface area (TPSA) is 23.6 Å². The predicted octanol–water partition coefficient (Wildman–Crippen LogP) is 1.03. The lowest BCUT2D eigenvalue weighted by Crippen LogP contribution is -2.50. The summed E-state index contributed by atoms with van der Waals surface area (Å²) in [5, 5.41) is 0. The van der Waals surface area contributed by atoms with E-state index in [9.17, 15) is 4.79 Å². The monoisotopic (exact) mass is 218 g/mol. The van der Waals surface area contributed by atoms with Gasteiger partial charge >= 0.3 is 0 Å². The Balaban J connectivity index is 2.32. The molecule has 1 rings (SSSR count). The fourth-order valence-corrected chi connectivity index (χ4v) is 1.92. The SMILES string of the molecule is CC(C)C(=O)N1CCN(CCCl)CC1. The number of carbonyl (C=O) groups excluding carboxylic acids is 1. The predicted molar refractivity (Wildman–Crippen MR) is 58.6 cm³/mol. The van der Waals surface area contributed by atoms with Crippen LogP contribution in [0.15, 0.2) is 0 Å². The van der Waals surface area contributed by atoms with Crippen molar-refractivity contribution in [1.29, 1.82) is 0 Å². The molecule has 1 fully saturated rings. The summed E-state index contributed by atoms with van der Waals surface area (Å²) in [7, 11) is 0. The lowest BCUT2D eigenvalue weighted by Gasteiger charge is -2.35. The molecule has 82 valence electrons. The molecule has 0 aromatic carbocycles. The van der Waals surface area contributed by atoms with E-state index < -0.39 is 0 Å². The van der Waals surface area contributed by atoms with E-state index in [2.05, 4.69) is 4.90 Å². The number of nitrogens with zero attached hydrogens (tertiary/aromatic N) is 2. The van der Waals surface area contributed by atoms with Crippen molar-refractivity contribution in [2.24, 2.45) is 5.92 Å². The number of alkyl halides is 1. The Morgan fingerprint density at radius 2 is 1.86 bits per heavy atom. The van der Waals surface area contributed by atoms with Gasteiger partial charge in [0.25, 0.3) is 0 Å². The van der Waals surface area contributed by atoms with E-state index in [0.29, 0.717) is 5.88 Å². The second kappa shape index (κ2) is 5.56. The third-order valence-electron chi connectivity index (χ3n) is 2.58. The molecule has 0 aromatic rings. The van der Waals surface area contributed by atoms with E-state index >= 15 is 0 Å². The highest BCUT2D eigenvalue weighted by Crippen LogP contribution is 2.06. The first kappa shape index (κ1) is 11.8. The molecule has 0 saturated carbocycles. The van der Waals surface area contributed by atoms with Gasteiger partial charge in [-0.2, -0.15) is 0 Å². The van der Waals surface area contributed by atoms with Gasteiger partial charge in [0, 0.05) is 44.5 Å². The Labute approximate surface area is 91.0 Å². The van der Waals surface area contributed by atoms with Gasteiger partial charge in [0.1, 0.15) is 0 Å². The van der Waals surface area contributed by atoms with Gasteiger partial charge in [0.2, 0.25) is 5.91 Å². The van der Waals surface area contributed by atoms with Crippen LogP contribution in [0.1, 0.15) is 13.8 Å². The zero-order valence-corrected chi connectivity index (χ0v) is 9.76. The Hall–Kier alpha value is -0.280. The molecule has 3 nitrogen and oxygen atoms in total. The Morgan fingerprint density at radius 3 is 2.29 bits per heavy atom. The van der Waals surface area contributed by atoms with Crippen molar-refractivity contribution in [1.82, 2.24) is 9.80 Å². The van der Waals surface area contributed by atoms with Crippen molar-refractivity contribution >= 4 is 17.5 Å². The minimum Gasteiger partial charge on any atom is -0.340 e. The van der Waals surface area contributed by atoms with Crippen LogP contribution in [0.3, 0.4) is 0 Å². The first-order valence-electron chi connectivity index (χ1n) is 5.22. The Kier molecular flexibility index (Phi) is 4.69. The number of amides is 1. The van der Waals surface area contributed by atoms with Crippen LogP contribution in [0.4, 0.5) is 0 Å². The van der Waals surface area contributed by atoms with Crippen LogP contribution in [0.5, 0.6) is 0 Å². The summed E-state index contributed by atoms with van der Waals surface area (Å²) in [6, 6.07) is 0. The molecule has 4 heteroatoms. The van der Waals surface area contributed by atoms with Gasteiger partial charge in [-0.05, 0) is 0 Å². The number of carbonyl (C=O) groups is 1. The summed E-state index contributed by atoms with van der Waals surface area (Å²) in [6.45, 7) is 8.48. The molecule has 0 atom stereocenters. The van der Waals surface area contributed by atoms with Crippen molar-refractivity contribution in [2.45, 2.75) is 13.8 Å². The second-order valence-corrected chi connectivity index (χ2v) is 4.39. The molecule has 1 aliphatic rings. The molecule has 0 aliphatic carbocycles. The van der Waals surface area contributed by atoms with Gasteiger partial charge in [0.05, 0.1) is 0 Å². The summed E-state index contributed by atoms with van der Waals surface area (Å²) in [5.41, 5.74) is 0. The van der Waals surface area contributed by atoms with Crippen LogP contribution >= 0.6 is 11.6 Å². The average Bonchev–Trinajstić information content (AvgIpc) is 2.18. The molecular weight excluding hydrogens is 200 g/mol. The van der Waals surface area contributed by atoms with E-state index in [4.69, 9.17) is 11.6 Å². The van der Waals surface area contributed by atoms with Gasteiger partial charge in [-0.1, -0.05) is 13.8 Å². The molecule has 0 unspecified atom stereocenters. The van der Waals surface area contributed by atoms with Gasteiger partial charge in [-0.15, -0.1) is 11.6 Å². The van der Waals surface area contributed by atoms with Crippen molar-refractivity contribution in [3.05, 3.63) is 0 Å². The van der Waals surface area contributed by atoms with Crippen molar-refractivity contribution < 1.29 is 4.79 Å². The van der Waals surface area contributed by atoms with Crippen molar-refractivity contribution in [3.8, 4) is 0 Å². The van der Waals surface area contributed by atoms with Gasteiger partial charge < -0.3 is 4.90 Å². The maximum Gasteiger partial charge on any atom is 0.225 e. The minimum absolute atomic E-state index is 0.120. The van der Waals surface area contributed by atoms with Crippen LogP contribution in [-0.2, 0) is 4.79 Å². The van der Waals surface area contributed by atoms with E-state index in [1.807, 2.05) is 18.7 Å². The third kappa shape index (κ3) is 3.14. The highest BCUT2D eigenvalue weighted by atomic mass is 35.5. The zero-order valence-electron chi connectivity index (χ0n) is 9.00. The normalized spacial score (nSPS) is 19.0. The van der Waals surface area contributed by atoms with Crippen LogP contribution in [0, 0.1) is 5.92 Å². The molecular formula is C10H19ClN2O. The van der Waals surface area contributed by atoms with E-state index in [-0.39, 0.29) is 11.8 Å². The number of piperazine rings is 1. The minimum atomic E-state index is 0.120. The second-order valence-electron chi connectivity index (χ2n) is 4.01. The molecule has 1 heterocycles. The molecule has 0 bridgehead atoms. The van der Waals surface area contributed by atoms with Crippen LogP contribution < -0.4 is 0 Å². The first-order chi connectivity index (χ1) is 6.65. The van der Waals surface area contributed by atoms with Crippen molar-refractivity contribution in [2.75, 3.05) is 38.6 Å². The molecule has 0 spiro atoms. The Bertz CT molecular complexity index is 189. The smallest absolute Gasteiger partial charge is 0.225 e. The summed E-state index contributed by atoms with van der Waals surface area (Å²) in [5.74, 6) is 1.07. The number of halogens is 1. The fourth-order valence-electron chi connectivity index (χ4n) is 1.68. The van der Waals surface area contributed by atoms with Crippen molar-refractivity contribution in [3.63, 3.8) is 0 Å². The van der Waals surface area contributed by atoms with E-state index in [1.54, 1.807) is 0 Å². The van der Waals surface area contributed by atoms with E-state index in [1.165, 1.54) is 0 Å². The molecule has 0 aromatic heterocycles. The maximum absolute atomic E-state index is 11.6. The Morgan fingerprint density at radius 1 is 1.29 bits per heavy atom. The maximum atomic E-state index is 11.6. The number of hydrogen-bond donors (Lipinski definition) is 0. The molecule has 1 aliphatic heterocycles. The van der Waals surface area contributed by atoms with Gasteiger partial charge in [-0.25, -0.2) is 0 Å². The molecule has 1 saturated heterocycles. The third-order valence-corrected chi connectivity index (χ3v) is 2.75. The summed E-state index contributed by atoms with van der Waals surface area (Å²) in [4.78, 5) is 15.9. The molecule has 0 N–H and O–H groups in total. The van der Waals surface area contributed by atoms with Crippen LogP contribution in [0.2, 0.25) is 0 Å².